The fourth-order valence-electron chi connectivity index (χ4n) is 3.84. The summed E-state index contributed by atoms with van der Waals surface area (Å²) in [4.78, 5) is 29.9. The summed E-state index contributed by atoms with van der Waals surface area (Å²) in [6, 6.07) is 7.53. The zero-order valence-electron chi connectivity index (χ0n) is 16.5. The molecule has 2 amide bonds. The van der Waals surface area contributed by atoms with E-state index in [1.165, 1.54) is 11.3 Å². The summed E-state index contributed by atoms with van der Waals surface area (Å²) in [5, 5.41) is 0. The van der Waals surface area contributed by atoms with Gasteiger partial charge in [0.25, 0.3) is 11.8 Å². The number of amides is 2. The zero-order valence-corrected chi connectivity index (χ0v) is 16.5. The minimum Gasteiger partial charge on any atom is -0.494 e. The van der Waals surface area contributed by atoms with E-state index in [2.05, 4.69) is 11.8 Å². The SMILES string of the molecule is CCCCCN1C(=O)C(c2ccc(OCC)cc2)=C(N2CCCCC2)C1=O. The Hall–Kier alpha value is -2.30. The average molecular weight is 370 g/mol. The maximum Gasteiger partial charge on any atom is 0.277 e. The van der Waals surface area contributed by atoms with Crippen LogP contribution in [0.25, 0.3) is 5.57 Å². The molecule has 0 spiro atoms. The third-order valence-electron chi connectivity index (χ3n) is 5.26. The largest absolute Gasteiger partial charge is 0.494 e. The third kappa shape index (κ3) is 4.18. The van der Waals surface area contributed by atoms with Gasteiger partial charge in [0.1, 0.15) is 11.4 Å². The second-order valence-electron chi connectivity index (χ2n) is 7.20. The van der Waals surface area contributed by atoms with Gasteiger partial charge in [-0.2, -0.15) is 0 Å². The highest BCUT2D eigenvalue weighted by atomic mass is 16.5. The molecule has 0 radical (unpaired) electrons. The molecule has 0 atom stereocenters. The number of imide groups is 1. The van der Waals surface area contributed by atoms with Gasteiger partial charge in [0, 0.05) is 19.6 Å². The van der Waals surface area contributed by atoms with Crippen molar-refractivity contribution in [2.24, 2.45) is 0 Å². The molecule has 0 saturated carbocycles. The van der Waals surface area contributed by atoms with Crippen LogP contribution >= 0.6 is 0 Å². The summed E-state index contributed by atoms with van der Waals surface area (Å²) in [6.45, 7) is 6.86. The molecule has 5 nitrogen and oxygen atoms in total. The number of benzene rings is 1. The third-order valence-corrected chi connectivity index (χ3v) is 5.26. The number of hydrogen-bond donors (Lipinski definition) is 0. The second-order valence-corrected chi connectivity index (χ2v) is 7.20. The van der Waals surface area contributed by atoms with Gasteiger partial charge in [-0.05, 0) is 50.3 Å². The smallest absolute Gasteiger partial charge is 0.277 e. The Labute approximate surface area is 162 Å². The molecule has 1 aromatic rings. The van der Waals surface area contributed by atoms with Crippen molar-refractivity contribution in [1.82, 2.24) is 9.80 Å². The first-order chi connectivity index (χ1) is 13.2. The molecule has 1 aromatic carbocycles. The van der Waals surface area contributed by atoms with Crippen molar-refractivity contribution >= 4 is 17.4 Å². The lowest BCUT2D eigenvalue weighted by Crippen LogP contribution is -2.37. The number of piperidine rings is 1. The van der Waals surface area contributed by atoms with Gasteiger partial charge in [-0.3, -0.25) is 14.5 Å². The molecule has 2 aliphatic rings. The van der Waals surface area contributed by atoms with Crippen LogP contribution in [-0.4, -0.2) is 47.9 Å². The predicted octanol–water partition coefficient (Wildman–Crippen LogP) is 3.84. The van der Waals surface area contributed by atoms with Gasteiger partial charge in [0.2, 0.25) is 0 Å². The highest BCUT2D eigenvalue weighted by molar-refractivity contribution is 6.35. The summed E-state index contributed by atoms with van der Waals surface area (Å²) in [5.74, 6) is 0.501. The van der Waals surface area contributed by atoms with E-state index in [0.717, 1.165) is 56.5 Å². The van der Waals surface area contributed by atoms with E-state index in [1.54, 1.807) is 0 Å². The van der Waals surface area contributed by atoms with E-state index in [0.29, 0.717) is 24.4 Å². The first-order valence-electron chi connectivity index (χ1n) is 10.3. The van der Waals surface area contributed by atoms with E-state index in [-0.39, 0.29) is 11.8 Å². The molecule has 0 aromatic heterocycles. The first kappa shape index (κ1) is 19.5. The van der Waals surface area contributed by atoms with Gasteiger partial charge in [-0.25, -0.2) is 0 Å². The van der Waals surface area contributed by atoms with E-state index in [1.807, 2.05) is 31.2 Å². The maximum atomic E-state index is 13.2. The summed E-state index contributed by atoms with van der Waals surface area (Å²) >= 11 is 0. The van der Waals surface area contributed by atoms with Gasteiger partial charge in [0.15, 0.2) is 0 Å². The zero-order chi connectivity index (χ0) is 19.2. The molecule has 0 bridgehead atoms. The number of carbonyl (C=O) groups is 2. The number of carbonyl (C=O) groups excluding carboxylic acids is 2. The molecule has 0 N–H and O–H groups in total. The van der Waals surface area contributed by atoms with Crippen LogP contribution in [0.4, 0.5) is 0 Å². The van der Waals surface area contributed by atoms with E-state index in [9.17, 15) is 9.59 Å². The fourth-order valence-corrected chi connectivity index (χ4v) is 3.84. The summed E-state index contributed by atoms with van der Waals surface area (Å²) in [5.41, 5.74) is 1.96. The van der Waals surface area contributed by atoms with Crippen LogP contribution in [-0.2, 0) is 9.59 Å². The van der Waals surface area contributed by atoms with Crippen LogP contribution in [0.1, 0.15) is 57.9 Å². The standard InChI is InChI=1S/C22H30N2O3/c1-3-5-7-16-24-21(25)19(17-10-12-18(13-11-17)27-4-2)20(22(24)26)23-14-8-6-9-15-23/h10-13H,3-9,14-16H2,1-2H3. The van der Waals surface area contributed by atoms with E-state index >= 15 is 0 Å². The molecular formula is C22H30N2O3. The Kier molecular flexibility index (Phi) is 6.54. The van der Waals surface area contributed by atoms with Crippen LogP contribution in [0.3, 0.4) is 0 Å². The Balaban J connectivity index is 1.93. The number of ether oxygens (including phenoxy) is 1. The van der Waals surface area contributed by atoms with Crippen molar-refractivity contribution in [2.75, 3.05) is 26.2 Å². The molecule has 27 heavy (non-hydrogen) atoms. The van der Waals surface area contributed by atoms with Crippen molar-refractivity contribution in [3.63, 3.8) is 0 Å². The molecule has 1 saturated heterocycles. The van der Waals surface area contributed by atoms with E-state index < -0.39 is 0 Å². The molecule has 2 aliphatic heterocycles. The van der Waals surface area contributed by atoms with Crippen molar-refractivity contribution in [3.8, 4) is 5.75 Å². The minimum absolute atomic E-state index is 0.123. The van der Waals surface area contributed by atoms with Crippen LogP contribution < -0.4 is 4.74 Å². The predicted molar refractivity (Wildman–Crippen MR) is 106 cm³/mol. The Morgan fingerprint density at radius 3 is 2.26 bits per heavy atom. The lowest BCUT2D eigenvalue weighted by molar-refractivity contribution is -0.137. The summed E-state index contributed by atoms with van der Waals surface area (Å²) in [6.07, 6.45) is 6.26. The van der Waals surface area contributed by atoms with Gasteiger partial charge in [-0.15, -0.1) is 0 Å². The van der Waals surface area contributed by atoms with Gasteiger partial charge >= 0.3 is 0 Å². The van der Waals surface area contributed by atoms with Crippen molar-refractivity contribution in [2.45, 2.75) is 52.4 Å². The average Bonchev–Trinajstić information content (AvgIpc) is 2.94. The van der Waals surface area contributed by atoms with Crippen LogP contribution in [0, 0.1) is 0 Å². The first-order valence-corrected chi connectivity index (χ1v) is 10.3. The Morgan fingerprint density at radius 2 is 1.63 bits per heavy atom. The van der Waals surface area contributed by atoms with Crippen molar-refractivity contribution in [1.29, 1.82) is 0 Å². The number of rotatable bonds is 8. The summed E-state index contributed by atoms with van der Waals surface area (Å²) < 4.78 is 5.51. The maximum absolute atomic E-state index is 13.2. The number of likely N-dealkylation sites (tertiary alicyclic amines) is 1. The van der Waals surface area contributed by atoms with Crippen LogP contribution in [0.15, 0.2) is 30.0 Å². The fraction of sp³-hybridized carbons (Fsp3) is 0.545. The Morgan fingerprint density at radius 1 is 0.926 bits per heavy atom. The second kappa shape index (κ2) is 9.07. The molecule has 2 heterocycles. The molecule has 3 rings (SSSR count). The minimum atomic E-state index is -0.152. The van der Waals surface area contributed by atoms with Gasteiger partial charge in [0.05, 0.1) is 12.2 Å². The van der Waals surface area contributed by atoms with Gasteiger partial charge < -0.3 is 9.64 Å². The number of hydrogen-bond acceptors (Lipinski definition) is 4. The number of nitrogens with zero attached hydrogens (tertiary/aromatic N) is 2. The molecule has 1 fully saturated rings. The molecule has 5 heteroatoms. The molecule has 146 valence electrons. The quantitative estimate of drug-likeness (QED) is 0.515. The highest BCUT2D eigenvalue weighted by Crippen LogP contribution is 2.34. The topological polar surface area (TPSA) is 49.9 Å². The number of unbranched alkanes of at least 4 members (excludes halogenated alkanes) is 2. The highest BCUT2D eigenvalue weighted by Gasteiger charge is 2.41. The van der Waals surface area contributed by atoms with Crippen LogP contribution in [0.2, 0.25) is 0 Å². The lowest BCUT2D eigenvalue weighted by Gasteiger charge is -2.29. The van der Waals surface area contributed by atoms with Crippen molar-refractivity contribution < 1.29 is 14.3 Å². The Bertz CT molecular complexity index is 703. The normalized spacial score (nSPS) is 17.9. The molecule has 0 unspecified atom stereocenters. The monoisotopic (exact) mass is 370 g/mol. The van der Waals surface area contributed by atoms with Crippen LogP contribution in [0.5, 0.6) is 5.75 Å². The van der Waals surface area contributed by atoms with Crippen molar-refractivity contribution in [3.05, 3.63) is 35.5 Å². The summed E-state index contributed by atoms with van der Waals surface area (Å²) in [7, 11) is 0. The van der Waals surface area contributed by atoms with Gasteiger partial charge in [-0.1, -0.05) is 31.9 Å². The molecule has 0 aliphatic carbocycles. The molecular weight excluding hydrogens is 340 g/mol. The van der Waals surface area contributed by atoms with E-state index in [4.69, 9.17) is 4.74 Å². The lowest BCUT2D eigenvalue weighted by atomic mass is 10.0.